The first-order chi connectivity index (χ1) is 11.7. The van der Waals surface area contributed by atoms with Gasteiger partial charge in [-0.05, 0) is 42.2 Å². The normalized spacial score (nSPS) is 23.5. The summed E-state index contributed by atoms with van der Waals surface area (Å²) in [5, 5.41) is 13.6. The van der Waals surface area contributed by atoms with E-state index in [9.17, 15) is 5.11 Å². The second-order valence-corrected chi connectivity index (χ2v) is 7.75. The number of phenols is 1. The third-order valence-electron chi connectivity index (χ3n) is 5.10. The molecule has 0 radical (unpaired) electrons. The Morgan fingerprint density at radius 3 is 2.58 bits per heavy atom. The van der Waals surface area contributed by atoms with Crippen molar-refractivity contribution in [3.63, 3.8) is 0 Å². The third-order valence-corrected chi connectivity index (χ3v) is 6.48. The first-order valence-corrected chi connectivity index (χ1v) is 9.94. The molecule has 0 aliphatic carbocycles. The quantitative estimate of drug-likeness (QED) is 0.751. The highest BCUT2D eigenvalue weighted by Gasteiger charge is 2.35. The molecule has 2 aromatic carbocycles. The van der Waals surface area contributed by atoms with Crippen LogP contribution in [0, 0.1) is 0 Å². The van der Waals surface area contributed by atoms with Gasteiger partial charge in [0.2, 0.25) is 0 Å². The Labute approximate surface area is 149 Å². The third kappa shape index (κ3) is 3.62. The predicted octanol–water partition coefficient (Wildman–Crippen LogP) is 5.52. The first kappa shape index (κ1) is 17.4. The Kier molecular flexibility index (Phi) is 5.52. The molecule has 1 aliphatic heterocycles. The maximum Gasteiger partial charge on any atom is 0.115 e. The molecular formula is C21H27NOS. The van der Waals surface area contributed by atoms with Crippen LogP contribution in [-0.4, -0.2) is 16.4 Å². The molecule has 1 heterocycles. The van der Waals surface area contributed by atoms with Gasteiger partial charge in [0.15, 0.2) is 0 Å². The Bertz CT molecular complexity index is 670. The van der Waals surface area contributed by atoms with E-state index in [1.807, 2.05) is 23.9 Å². The molecule has 2 aromatic rings. The van der Waals surface area contributed by atoms with E-state index in [4.69, 9.17) is 0 Å². The van der Waals surface area contributed by atoms with Crippen LogP contribution < -0.4 is 5.32 Å². The second kappa shape index (κ2) is 7.62. The van der Waals surface area contributed by atoms with Crippen molar-refractivity contribution in [2.24, 2.45) is 0 Å². The van der Waals surface area contributed by atoms with Crippen LogP contribution in [0.2, 0.25) is 0 Å². The van der Waals surface area contributed by atoms with Gasteiger partial charge in [0.25, 0.3) is 0 Å². The van der Waals surface area contributed by atoms with Crippen LogP contribution >= 0.6 is 11.8 Å². The number of thioether (sulfide) groups is 1. The van der Waals surface area contributed by atoms with Gasteiger partial charge in [-0.1, -0.05) is 57.0 Å². The van der Waals surface area contributed by atoms with Gasteiger partial charge in [0.1, 0.15) is 5.75 Å². The molecule has 0 saturated carbocycles. The van der Waals surface area contributed by atoms with Crippen molar-refractivity contribution in [3.05, 3.63) is 59.7 Å². The van der Waals surface area contributed by atoms with Crippen molar-refractivity contribution in [1.82, 2.24) is 5.32 Å². The summed E-state index contributed by atoms with van der Waals surface area (Å²) in [5.41, 5.74) is 2.72. The molecule has 2 N–H and O–H groups in total. The molecule has 3 heteroatoms. The summed E-state index contributed by atoms with van der Waals surface area (Å²) >= 11 is 1.98. The van der Waals surface area contributed by atoms with Crippen molar-refractivity contribution in [1.29, 1.82) is 0 Å². The molecule has 0 amide bonds. The van der Waals surface area contributed by atoms with E-state index in [0.717, 1.165) is 12.2 Å². The van der Waals surface area contributed by atoms with Crippen molar-refractivity contribution in [2.75, 3.05) is 5.75 Å². The number of phenolic OH excluding ortho intramolecular Hbond substituents is 1. The molecule has 2 atom stereocenters. The van der Waals surface area contributed by atoms with E-state index >= 15 is 0 Å². The zero-order valence-electron chi connectivity index (χ0n) is 14.6. The first-order valence-electron chi connectivity index (χ1n) is 8.96. The summed E-state index contributed by atoms with van der Waals surface area (Å²) < 4.78 is 0. The number of hydrogen-bond donors (Lipinski definition) is 2. The molecule has 24 heavy (non-hydrogen) atoms. The minimum Gasteiger partial charge on any atom is -0.508 e. The Morgan fingerprint density at radius 2 is 1.88 bits per heavy atom. The molecule has 0 saturated heterocycles. The maximum atomic E-state index is 9.65. The fourth-order valence-corrected chi connectivity index (χ4v) is 4.85. The number of hydrogen-bond acceptors (Lipinski definition) is 3. The molecule has 0 spiro atoms. The van der Waals surface area contributed by atoms with Crippen LogP contribution in [0.25, 0.3) is 0 Å². The lowest BCUT2D eigenvalue weighted by atomic mass is 9.88. The van der Waals surface area contributed by atoms with E-state index in [2.05, 4.69) is 43.4 Å². The maximum absolute atomic E-state index is 9.65. The number of aromatic hydroxyl groups is 1. The molecule has 0 bridgehead atoms. The second-order valence-electron chi connectivity index (χ2n) is 6.73. The molecular weight excluding hydrogens is 314 g/mol. The minimum atomic E-state index is 0.155. The fraction of sp³-hybridized carbons (Fsp3) is 0.429. The standard InChI is InChI=1S/C21H27NOS/c1-3-5-14-21(4-2)15-24-19-9-7-6-8-18(19)20(22-21)16-10-12-17(23)13-11-16/h6-13,20,22-23H,3-5,14-15H2,1-2H3/t20-,21+/m1/s1. The van der Waals surface area contributed by atoms with Crippen LogP contribution in [0.3, 0.4) is 0 Å². The SMILES string of the molecule is CCCC[C@@]1(CC)CSc2ccccc2[C@@H](c2ccc(O)cc2)N1. The van der Waals surface area contributed by atoms with Gasteiger partial charge in [-0.15, -0.1) is 11.8 Å². The molecule has 0 unspecified atom stereocenters. The summed E-state index contributed by atoms with van der Waals surface area (Å²) in [6.07, 6.45) is 4.81. The van der Waals surface area contributed by atoms with Crippen molar-refractivity contribution in [3.8, 4) is 5.75 Å². The average Bonchev–Trinajstić information content (AvgIpc) is 2.79. The smallest absolute Gasteiger partial charge is 0.115 e. The van der Waals surface area contributed by atoms with Gasteiger partial charge >= 0.3 is 0 Å². The Balaban J connectivity index is 2.02. The molecule has 1 aliphatic rings. The number of benzene rings is 2. The van der Waals surface area contributed by atoms with Crippen LogP contribution in [-0.2, 0) is 0 Å². The van der Waals surface area contributed by atoms with Gasteiger partial charge in [-0.25, -0.2) is 0 Å². The molecule has 2 nitrogen and oxygen atoms in total. The van der Waals surface area contributed by atoms with Crippen LogP contribution in [0.4, 0.5) is 0 Å². The highest BCUT2D eigenvalue weighted by Crippen LogP contribution is 2.40. The lowest BCUT2D eigenvalue weighted by Gasteiger charge is -2.36. The number of fused-ring (bicyclic) bond motifs is 1. The Morgan fingerprint density at radius 1 is 1.12 bits per heavy atom. The number of rotatable bonds is 5. The van der Waals surface area contributed by atoms with E-state index in [-0.39, 0.29) is 11.6 Å². The lowest BCUT2D eigenvalue weighted by Crippen LogP contribution is -2.48. The summed E-state index contributed by atoms with van der Waals surface area (Å²) in [5.74, 6) is 1.43. The monoisotopic (exact) mass is 341 g/mol. The summed E-state index contributed by atoms with van der Waals surface area (Å²) in [4.78, 5) is 1.37. The van der Waals surface area contributed by atoms with E-state index in [1.54, 1.807) is 12.1 Å². The summed E-state index contributed by atoms with van der Waals surface area (Å²) in [7, 11) is 0. The summed E-state index contributed by atoms with van der Waals surface area (Å²) in [6.45, 7) is 4.56. The van der Waals surface area contributed by atoms with E-state index in [1.165, 1.54) is 35.3 Å². The topological polar surface area (TPSA) is 32.3 Å². The van der Waals surface area contributed by atoms with Crippen molar-refractivity contribution < 1.29 is 5.11 Å². The number of unbranched alkanes of at least 4 members (excludes halogenated alkanes) is 1. The Hall–Kier alpha value is -1.45. The van der Waals surface area contributed by atoms with Gasteiger partial charge in [-0.3, -0.25) is 5.32 Å². The van der Waals surface area contributed by atoms with E-state index in [0.29, 0.717) is 5.75 Å². The van der Waals surface area contributed by atoms with Gasteiger partial charge in [0.05, 0.1) is 6.04 Å². The molecule has 3 rings (SSSR count). The van der Waals surface area contributed by atoms with Gasteiger partial charge < -0.3 is 5.11 Å². The van der Waals surface area contributed by atoms with E-state index < -0.39 is 0 Å². The summed E-state index contributed by atoms with van der Waals surface area (Å²) in [6, 6.07) is 16.6. The lowest BCUT2D eigenvalue weighted by molar-refractivity contribution is 0.298. The highest BCUT2D eigenvalue weighted by molar-refractivity contribution is 7.99. The molecule has 0 fully saturated rings. The largest absolute Gasteiger partial charge is 0.508 e. The molecule has 0 aromatic heterocycles. The highest BCUT2D eigenvalue weighted by atomic mass is 32.2. The zero-order chi connectivity index (χ0) is 17.0. The van der Waals surface area contributed by atoms with Crippen LogP contribution in [0.5, 0.6) is 5.75 Å². The van der Waals surface area contributed by atoms with Crippen LogP contribution in [0.1, 0.15) is 56.7 Å². The minimum absolute atomic E-state index is 0.155. The van der Waals surface area contributed by atoms with Crippen molar-refractivity contribution in [2.45, 2.75) is 56.0 Å². The molecule has 128 valence electrons. The fourth-order valence-electron chi connectivity index (χ4n) is 3.46. The van der Waals surface area contributed by atoms with Crippen molar-refractivity contribution >= 4 is 11.8 Å². The van der Waals surface area contributed by atoms with Crippen LogP contribution in [0.15, 0.2) is 53.4 Å². The van der Waals surface area contributed by atoms with Gasteiger partial charge in [-0.2, -0.15) is 0 Å². The zero-order valence-corrected chi connectivity index (χ0v) is 15.4. The number of nitrogens with one attached hydrogen (secondary N) is 1. The average molecular weight is 342 g/mol. The predicted molar refractivity (Wildman–Crippen MR) is 103 cm³/mol. The van der Waals surface area contributed by atoms with Gasteiger partial charge in [0, 0.05) is 16.2 Å².